The van der Waals surface area contributed by atoms with E-state index in [1.165, 1.54) is 11.8 Å². The van der Waals surface area contributed by atoms with Gasteiger partial charge in [-0.15, -0.1) is 0 Å². The molecule has 3 aromatic rings. The van der Waals surface area contributed by atoms with Crippen molar-refractivity contribution in [3.63, 3.8) is 0 Å². The summed E-state index contributed by atoms with van der Waals surface area (Å²) in [5.41, 5.74) is 3.10. The predicted octanol–water partition coefficient (Wildman–Crippen LogP) is 7.51. The Morgan fingerprint density at radius 3 is 1.94 bits per heavy atom. The molecule has 0 N–H and O–H groups in total. The molecular weight excluding hydrogens is 458 g/mol. The normalized spacial score (nSPS) is 13.0. The highest BCUT2D eigenvalue weighted by molar-refractivity contribution is 6.31. The van der Waals surface area contributed by atoms with Gasteiger partial charge in [0.25, 0.3) is 5.69 Å². The first kappa shape index (κ1) is 26.7. The van der Waals surface area contributed by atoms with Crippen LogP contribution in [0.5, 0.6) is 0 Å². The molecule has 0 saturated heterocycles. The highest BCUT2D eigenvalue weighted by atomic mass is 35.5. The van der Waals surface area contributed by atoms with Crippen LogP contribution in [-0.4, -0.2) is 37.0 Å². The molecule has 6 heteroatoms. The van der Waals surface area contributed by atoms with Crippen LogP contribution in [0.15, 0.2) is 72.8 Å². The molecule has 3 aromatic carbocycles. The van der Waals surface area contributed by atoms with Gasteiger partial charge in [-0.1, -0.05) is 80.8 Å². The SMILES string of the molecule is CCCCN(CCCC)c1ccc(C(c2ccccc2)(c2cc([N+](=O)[O-])ccc2Cl)N(C)C)cc1. The van der Waals surface area contributed by atoms with Gasteiger partial charge >= 0.3 is 0 Å². The first-order chi connectivity index (χ1) is 16.9. The number of anilines is 1. The fourth-order valence-corrected chi connectivity index (χ4v) is 5.05. The lowest BCUT2D eigenvalue weighted by Gasteiger charge is -2.42. The number of hydrogen-bond acceptors (Lipinski definition) is 4. The second-order valence-corrected chi connectivity index (χ2v) is 9.54. The molecule has 0 fully saturated rings. The van der Waals surface area contributed by atoms with Crippen LogP contribution in [0.25, 0.3) is 0 Å². The zero-order valence-corrected chi connectivity index (χ0v) is 22.0. The van der Waals surface area contributed by atoms with Gasteiger partial charge in [0.05, 0.1) is 10.5 Å². The first-order valence-corrected chi connectivity index (χ1v) is 12.8. The van der Waals surface area contributed by atoms with E-state index in [1.807, 2.05) is 32.3 Å². The Morgan fingerprint density at radius 2 is 1.43 bits per heavy atom. The second-order valence-electron chi connectivity index (χ2n) is 9.13. The minimum Gasteiger partial charge on any atom is -0.372 e. The van der Waals surface area contributed by atoms with E-state index in [0.29, 0.717) is 10.6 Å². The third kappa shape index (κ3) is 5.68. The minimum atomic E-state index is -0.805. The van der Waals surface area contributed by atoms with Crippen LogP contribution in [0.1, 0.15) is 56.2 Å². The van der Waals surface area contributed by atoms with Crippen molar-refractivity contribution in [1.82, 2.24) is 4.90 Å². The lowest BCUT2D eigenvalue weighted by atomic mass is 9.75. The number of hydrogen-bond donors (Lipinski definition) is 0. The molecule has 0 heterocycles. The summed E-state index contributed by atoms with van der Waals surface area (Å²) in [7, 11) is 3.98. The Kier molecular flexibility index (Phi) is 9.30. The topological polar surface area (TPSA) is 49.6 Å². The number of rotatable bonds is 12. The van der Waals surface area contributed by atoms with Crippen LogP contribution in [0.4, 0.5) is 11.4 Å². The molecule has 0 aromatic heterocycles. The molecule has 5 nitrogen and oxygen atoms in total. The Morgan fingerprint density at radius 1 is 0.857 bits per heavy atom. The molecule has 0 bridgehead atoms. The average Bonchev–Trinajstić information content (AvgIpc) is 2.86. The van der Waals surface area contributed by atoms with Crippen molar-refractivity contribution in [1.29, 1.82) is 0 Å². The zero-order chi connectivity index (χ0) is 25.4. The fraction of sp³-hybridized carbons (Fsp3) is 0.379. The number of nitrogens with zero attached hydrogens (tertiary/aromatic N) is 3. The molecule has 0 aliphatic rings. The monoisotopic (exact) mass is 493 g/mol. The van der Waals surface area contributed by atoms with E-state index >= 15 is 0 Å². The van der Waals surface area contributed by atoms with Crippen molar-refractivity contribution >= 4 is 23.0 Å². The third-order valence-corrected chi connectivity index (χ3v) is 6.96. The summed E-state index contributed by atoms with van der Waals surface area (Å²) in [5, 5.41) is 12.2. The Labute approximate surface area is 214 Å². The zero-order valence-electron chi connectivity index (χ0n) is 21.2. The van der Waals surface area contributed by atoms with Crippen molar-refractivity contribution < 1.29 is 4.92 Å². The van der Waals surface area contributed by atoms with Crippen molar-refractivity contribution in [3.05, 3.63) is 105 Å². The largest absolute Gasteiger partial charge is 0.372 e. The van der Waals surface area contributed by atoms with Gasteiger partial charge in [-0.05, 0) is 56.3 Å². The maximum absolute atomic E-state index is 11.7. The van der Waals surface area contributed by atoms with Crippen LogP contribution in [0.2, 0.25) is 5.02 Å². The number of nitro groups is 1. The Hall–Kier alpha value is -2.89. The van der Waals surface area contributed by atoms with Gasteiger partial charge in [-0.25, -0.2) is 0 Å². The van der Waals surface area contributed by atoms with Crippen LogP contribution >= 0.6 is 11.6 Å². The quantitative estimate of drug-likeness (QED) is 0.149. The molecule has 1 atom stereocenters. The van der Waals surface area contributed by atoms with Gasteiger partial charge in [0.2, 0.25) is 0 Å². The van der Waals surface area contributed by atoms with E-state index in [9.17, 15) is 10.1 Å². The number of benzene rings is 3. The average molecular weight is 494 g/mol. The van der Waals surface area contributed by atoms with Crippen LogP contribution in [0, 0.1) is 10.1 Å². The Balaban J connectivity index is 2.21. The summed E-state index contributed by atoms with van der Waals surface area (Å²) in [6, 6.07) is 23.4. The molecule has 0 aliphatic carbocycles. The van der Waals surface area contributed by atoms with Crippen LogP contribution in [-0.2, 0) is 5.54 Å². The van der Waals surface area contributed by atoms with Gasteiger partial charge in [-0.2, -0.15) is 0 Å². The third-order valence-electron chi connectivity index (χ3n) is 6.63. The summed E-state index contributed by atoms with van der Waals surface area (Å²) >= 11 is 6.77. The molecule has 186 valence electrons. The van der Waals surface area contributed by atoms with Gasteiger partial charge in [0.15, 0.2) is 0 Å². The van der Waals surface area contributed by atoms with Gasteiger partial charge in [-0.3, -0.25) is 15.0 Å². The van der Waals surface area contributed by atoms with Gasteiger partial charge in [0, 0.05) is 41.5 Å². The highest BCUT2D eigenvalue weighted by Crippen LogP contribution is 2.45. The van der Waals surface area contributed by atoms with Gasteiger partial charge in [0.1, 0.15) is 0 Å². The van der Waals surface area contributed by atoms with Gasteiger partial charge < -0.3 is 4.90 Å². The number of nitro benzene ring substituents is 1. The van der Waals surface area contributed by atoms with E-state index in [4.69, 9.17) is 11.6 Å². The summed E-state index contributed by atoms with van der Waals surface area (Å²) in [5.74, 6) is 0. The first-order valence-electron chi connectivity index (χ1n) is 12.4. The minimum absolute atomic E-state index is 0.0217. The summed E-state index contributed by atoms with van der Waals surface area (Å²) < 4.78 is 0. The van der Waals surface area contributed by atoms with Crippen molar-refractivity contribution in [2.24, 2.45) is 0 Å². The maximum atomic E-state index is 11.7. The summed E-state index contributed by atoms with van der Waals surface area (Å²) in [6.07, 6.45) is 4.62. The predicted molar refractivity (Wildman–Crippen MR) is 147 cm³/mol. The van der Waals surface area contributed by atoms with Crippen LogP contribution in [0.3, 0.4) is 0 Å². The second kappa shape index (κ2) is 12.2. The fourth-order valence-electron chi connectivity index (χ4n) is 4.80. The van der Waals surface area contributed by atoms with E-state index < -0.39 is 5.54 Å². The van der Waals surface area contributed by atoms with Crippen molar-refractivity contribution in [2.45, 2.75) is 45.1 Å². The lowest BCUT2D eigenvalue weighted by Crippen LogP contribution is -2.44. The standard InChI is InChI=1S/C29H36ClN3O2/c1-5-7-20-32(21-8-6-2)25-16-14-24(15-17-25)29(31(3)4,23-12-10-9-11-13-23)27-22-26(33(34)35)18-19-28(27)30/h9-19,22H,5-8,20-21H2,1-4H3. The molecule has 0 spiro atoms. The van der Waals surface area contributed by atoms with Crippen LogP contribution < -0.4 is 4.90 Å². The van der Waals surface area contributed by atoms with E-state index in [-0.39, 0.29) is 10.6 Å². The maximum Gasteiger partial charge on any atom is 0.269 e. The number of non-ortho nitro benzene ring substituents is 1. The molecule has 0 aliphatic heterocycles. The summed E-state index contributed by atoms with van der Waals surface area (Å²) in [4.78, 5) is 15.8. The van der Waals surface area contributed by atoms with Crippen molar-refractivity contribution in [2.75, 3.05) is 32.1 Å². The highest BCUT2D eigenvalue weighted by Gasteiger charge is 2.41. The molecule has 0 saturated carbocycles. The van der Waals surface area contributed by atoms with E-state index in [0.717, 1.165) is 49.9 Å². The van der Waals surface area contributed by atoms with Crippen molar-refractivity contribution in [3.8, 4) is 0 Å². The molecule has 0 radical (unpaired) electrons. The molecular formula is C29H36ClN3O2. The molecule has 1 unspecified atom stereocenters. The smallest absolute Gasteiger partial charge is 0.269 e. The molecule has 35 heavy (non-hydrogen) atoms. The van der Waals surface area contributed by atoms with E-state index in [1.54, 1.807) is 12.1 Å². The molecule has 3 rings (SSSR count). The number of unbranched alkanes of at least 4 members (excludes halogenated alkanes) is 2. The lowest BCUT2D eigenvalue weighted by molar-refractivity contribution is -0.385. The Bertz CT molecular complexity index is 1090. The molecule has 0 amide bonds. The summed E-state index contributed by atoms with van der Waals surface area (Å²) in [6.45, 7) is 6.50. The number of halogens is 1. The van der Waals surface area contributed by atoms with E-state index in [2.05, 4.69) is 60.0 Å².